The highest BCUT2D eigenvalue weighted by Gasteiger charge is 2.38. The molecule has 0 radical (unpaired) electrons. The third-order valence-corrected chi connectivity index (χ3v) is 8.73. The Labute approximate surface area is 190 Å². The summed E-state index contributed by atoms with van der Waals surface area (Å²) in [5, 5.41) is 0. The Morgan fingerprint density at radius 3 is 2.13 bits per heavy atom. The lowest BCUT2D eigenvalue weighted by molar-refractivity contribution is -0.137. The lowest BCUT2D eigenvalue weighted by Gasteiger charge is -2.23. The second-order valence-electron chi connectivity index (χ2n) is 7.34. The molecule has 30 heavy (non-hydrogen) atoms. The van der Waals surface area contributed by atoms with E-state index in [1.165, 1.54) is 39.0 Å². The molecule has 0 bridgehead atoms. The van der Waals surface area contributed by atoms with Gasteiger partial charge in [-0.2, -0.15) is 13.2 Å². The Morgan fingerprint density at radius 2 is 1.63 bits per heavy atom. The van der Waals surface area contributed by atoms with Crippen molar-refractivity contribution in [3.63, 3.8) is 0 Å². The third kappa shape index (κ3) is 4.75. The number of rotatable bonds is 4. The van der Waals surface area contributed by atoms with Gasteiger partial charge >= 0.3 is 12.1 Å². The molecule has 164 valence electrons. The van der Waals surface area contributed by atoms with Crippen LogP contribution in [0.15, 0.2) is 44.2 Å². The van der Waals surface area contributed by atoms with Gasteiger partial charge in [-0.25, -0.2) is 13.2 Å². The molecule has 0 aromatic heterocycles. The number of esters is 1. The number of sulfone groups is 1. The van der Waals surface area contributed by atoms with Gasteiger partial charge in [-0.15, -0.1) is 0 Å². The van der Waals surface area contributed by atoms with Crippen LogP contribution in [-0.4, -0.2) is 25.7 Å². The van der Waals surface area contributed by atoms with Crippen molar-refractivity contribution in [2.75, 3.05) is 6.61 Å². The summed E-state index contributed by atoms with van der Waals surface area (Å²) in [6.45, 7) is 5.98. The first-order valence-corrected chi connectivity index (χ1v) is 11.8. The van der Waals surface area contributed by atoms with E-state index in [9.17, 15) is 26.4 Å². The number of hydrogen-bond acceptors (Lipinski definition) is 4. The quantitative estimate of drug-likeness (QED) is 0.386. The number of benzene rings is 2. The van der Waals surface area contributed by atoms with E-state index in [0.717, 1.165) is 6.07 Å². The fourth-order valence-corrected chi connectivity index (χ4v) is 5.60. The van der Waals surface area contributed by atoms with Gasteiger partial charge in [0.25, 0.3) is 0 Å². The maximum absolute atomic E-state index is 13.6. The van der Waals surface area contributed by atoms with Gasteiger partial charge in [0.15, 0.2) is 9.84 Å². The van der Waals surface area contributed by atoms with E-state index in [1.807, 2.05) is 0 Å². The second-order valence-corrected chi connectivity index (χ2v) is 11.6. The number of hydrogen-bond donors (Lipinski definition) is 0. The molecule has 0 spiro atoms. The average molecular weight is 572 g/mol. The van der Waals surface area contributed by atoms with E-state index >= 15 is 0 Å². The third-order valence-electron chi connectivity index (χ3n) is 4.25. The van der Waals surface area contributed by atoms with E-state index in [2.05, 4.69) is 31.9 Å². The summed E-state index contributed by atoms with van der Waals surface area (Å²) < 4.78 is 70.6. The molecule has 0 aliphatic carbocycles. The minimum atomic E-state index is -4.77. The lowest BCUT2D eigenvalue weighted by Crippen LogP contribution is -2.28. The Kier molecular flexibility index (Phi) is 7.15. The van der Waals surface area contributed by atoms with Crippen LogP contribution in [0.4, 0.5) is 13.2 Å². The van der Waals surface area contributed by atoms with Crippen molar-refractivity contribution < 1.29 is 31.1 Å². The van der Waals surface area contributed by atoms with Gasteiger partial charge in [-0.1, -0.05) is 12.1 Å². The monoisotopic (exact) mass is 570 g/mol. The van der Waals surface area contributed by atoms with Crippen molar-refractivity contribution in [2.45, 2.75) is 43.5 Å². The molecule has 10 heteroatoms. The largest absolute Gasteiger partial charge is 0.462 e. The van der Waals surface area contributed by atoms with Crippen LogP contribution in [0, 0.1) is 0 Å². The molecule has 0 amide bonds. The molecule has 0 aliphatic heterocycles. The number of carbonyl (C=O) groups is 1. The normalized spacial score (nSPS) is 12.7. The fraction of sp³-hybridized carbons (Fsp3) is 0.350. The lowest BCUT2D eigenvalue weighted by atomic mass is 10.0. The van der Waals surface area contributed by atoms with E-state index in [0.29, 0.717) is 6.07 Å². The second kappa shape index (κ2) is 8.63. The molecule has 0 saturated carbocycles. The van der Waals surface area contributed by atoms with Crippen LogP contribution in [0.1, 0.15) is 43.6 Å². The first-order chi connectivity index (χ1) is 13.6. The molecule has 0 heterocycles. The smallest absolute Gasteiger partial charge is 0.416 e. The predicted octanol–water partition coefficient (Wildman–Crippen LogP) is 6.65. The molecule has 2 aromatic carbocycles. The van der Waals surface area contributed by atoms with Crippen molar-refractivity contribution >= 4 is 47.7 Å². The van der Waals surface area contributed by atoms with Crippen molar-refractivity contribution in [1.29, 1.82) is 0 Å². The number of ether oxygens (including phenoxy) is 1. The number of carbonyl (C=O) groups excluding carboxylic acids is 1. The Hall–Kier alpha value is -1.39. The summed E-state index contributed by atoms with van der Waals surface area (Å²) in [4.78, 5) is 11.7. The van der Waals surface area contributed by atoms with Crippen molar-refractivity contribution in [1.82, 2.24) is 0 Å². The summed E-state index contributed by atoms with van der Waals surface area (Å²) in [5.41, 5.74) is -0.814. The Balaban J connectivity index is 2.90. The molecule has 0 aliphatic rings. The standard InChI is InChI=1S/C20H19Br2F3O4S/c1-5-29-18(26)13-8-6-7-12(16(13)21)14-9-11(20(23,24)25)10-15(17(14)22)30(27,28)19(2,3)4/h6-10H,5H2,1-4H3. The van der Waals surface area contributed by atoms with Gasteiger partial charge in [-0.3, -0.25) is 0 Å². The van der Waals surface area contributed by atoms with Gasteiger partial charge < -0.3 is 4.74 Å². The van der Waals surface area contributed by atoms with Crippen LogP contribution in [-0.2, 0) is 20.8 Å². The van der Waals surface area contributed by atoms with E-state index in [1.54, 1.807) is 6.92 Å². The van der Waals surface area contributed by atoms with Crippen LogP contribution in [0.2, 0.25) is 0 Å². The van der Waals surface area contributed by atoms with Crippen LogP contribution in [0.25, 0.3) is 11.1 Å². The summed E-state index contributed by atoms with van der Waals surface area (Å²) in [7, 11) is -4.12. The highest BCUT2D eigenvalue weighted by atomic mass is 79.9. The topological polar surface area (TPSA) is 60.4 Å². The summed E-state index contributed by atoms with van der Waals surface area (Å²) in [5.74, 6) is -0.656. The molecule has 0 saturated heterocycles. The molecular formula is C20H19Br2F3O4S. The number of alkyl halides is 3. The van der Waals surface area contributed by atoms with Crippen LogP contribution >= 0.6 is 31.9 Å². The van der Waals surface area contributed by atoms with Gasteiger partial charge in [-0.05, 0) is 88.9 Å². The van der Waals surface area contributed by atoms with Crippen LogP contribution in [0.5, 0.6) is 0 Å². The highest BCUT2D eigenvalue weighted by molar-refractivity contribution is 9.11. The maximum Gasteiger partial charge on any atom is 0.416 e. The first kappa shape index (κ1) is 24.9. The zero-order chi connectivity index (χ0) is 23.1. The van der Waals surface area contributed by atoms with Crippen molar-refractivity contribution in [2.24, 2.45) is 0 Å². The Bertz CT molecular complexity index is 1090. The van der Waals surface area contributed by atoms with Gasteiger partial charge in [0, 0.05) is 8.95 Å². The molecule has 0 atom stereocenters. The zero-order valence-electron chi connectivity index (χ0n) is 16.5. The highest BCUT2D eigenvalue weighted by Crippen LogP contribution is 2.44. The molecule has 2 rings (SSSR count). The van der Waals surface area contributed by atoms with E-state index in [-0.39, 0.29) is 32.2 Å². The molecule has 0 N–H and O–H groups in total. The number of halogens is 5. The summed E-state index contributed by atoms with van der Waals surface area (Å²) >= 11 is 6.45. The van der Waals surface area contributed by atoms with E-state index < -0.39 is 37.2 Å². The minimum Gasteiger partial charge on any atom is -0.462 e. The Morgan fingerprint density at radius 1 is 1.03 bits per heavy atom. The summed E-state index contributed by atoms with van der Waals surface area (Å²) in [6.07, 6.45) is -4.77. The summed E-state index contributed by atoms with van der Waals surface area (Å²) in [6, 6.07) is 5.90. The van der Waals surface area contributed by atoms with Gasteiger partial charge in [0.1, 0.15) is 0 Å². The fourth-order valence-electron chi connectivity index (χ4n) is 2.59. The molecular weight excluding hydrogens is 553 g/mol. The van der Waals surface area contributed by atoms with Crippen molar-refractivity contribution in [3.8, 4) is 11.1 Å². The SMILES string of the molecule is CCOC(=O)c1cccc(-c2cc(C(F)(F)F)cc(S(=O)(=O)C(C)(C)C)c2Br)c1Br. The molecule has 0 unspecified atom stereocenters. The van der Waals surface area contributed by atoms with Gasteiger partial charge in [0.2, 0.25) is 0 Å². The van der Waals surface area contributed by atoms with E-state index in [4.69, 9.17) is 4.74 Å². The molecule has 0 fully saturated rings. The van der Waals surface area contributed by atoms with Crippen LogP contribution < -0.4 is 0 Å². The minimum absolute atomic E-state index is 0.0212. The first-order valence-electron chi connectivity index (χ1n) is 8.74. The average Bonchev–Trinajstić information content (AvgIpc) is 2.60. The van der Waals surface area contributed by atoms with Crippen molar-refractivity contribution in [3.05, 3.63) is 50.4 Å². The molecule has 2 aromatic rings. The maximum atomic E-state index is 13.6. The van der Waals surface area contributed by atoms with Crippen LogP contribution in [0.3, 0.4) is 0 Å². The zero-order valence-corrected chi connectivity index (χ0v) is 20.5. The predicted molar refractivity (Wildman–Crippen MR) is 115 cm³/mol. The van der Waals surface area contributed by atoms with Gasteiger partial charge in [0.05, 0.1) is 27.4 Å². The molecule has 4 nitrogen and oxygen atoms in total.